The molecule has 0 fully saturated rings. The lowest BCUT2D eigenvalue weighted by molar-refractivity contribution is -0.136. The Morgan fingerprint density at radius 1 is 1.34 bits per heavy atom. The quantitative estimate of drug-likeness (QED) is 0.679. The van der Waals surface area contributed by atoms with Gasteiger partial charge in [0.15, 0.2) is 0 Å². The number of hydrogen-bond acceptors (Lipinski definition) is 5. The molecule has 0 unspecified atom stereocenters. The van der Waals surface area contributed by atoms with Gasteiger partial charge in [0.1, 0.15) is 11.4 Å². The highest BCUT2D eigenvalue weighted by molar-refractivity contribution is 6.39. The van der Waals surface area contributed by atoms with Crippen LogP contribution in [0.2, 0.25) is 0 Å². The number of anilines is 2. The average Bonchev–Trinajstić information content (AvgIpc) is 3.32. The van der Waals surface area contributed by atoms with Gasteiger partial charge < -0.3 is 25.1 Å². The summed E-state index contributed by atoms with van der Waals surface area (Å²) in [5.41, 5.74) is 1.88. The summed E-state index contributed by atoms with van der Waals surface area (Å²) >= 11 is 0. The van der Waals surface area contributed by atoms with E-state index in [0.29, 0.717) is 18.0 Å². The van der Waals surface area contributed by atoms with E-state index in [4.69, 9.17) is 4.42 Å². The lowest BCUT2D eigenvalue weighted by Crippen LogP contribution is -2.43. The second-order valence-electron chi connectivity index (χ2n) is 7.78. The van der Waals surface area contributed by atoms with Gasteiger partial charge in [0, 0.05) is 12.2 Å². The molecule has 2 aliphatic heterocycles. The molecule has 0 bridgehead atoms. The normalized spacial score (nSPS) is 19.5. The molecule has 2 atom stereocenters. The maximum atomic E-state index is 12.4. The van der Waals surface area contributed by atoms with Crippen LogP contribution in [0.15, 0.2) is 34.9 Å². The van der Waals surface area contributed by atoms with Gasteiger partial charge in [-0.05, 0) is 62.1 Å². The van der Waals surface area contributed by atoms with Crippen LogP contribution in [0.5, 0.6) is 0 Å². The minimum Gasteiger partial charge on any atom is -0.466 e. The lowest BCUT2D eigenvalue weighted by Gasteiger charge is -2.26. The highest BCUT2D eigenvalue weighted by Crippen LogP contribution is 2.44. The summed E-state index contributed by atoms with van der Waals surface area (Å²) in [4.78, 5) is 38.8. The number of hydrogen-bond donors (Lipinski definition) is 3. The van der Waals surface area contributed by atoms with E-state index in [1.807, 2.05) is 17.9 Å². The molecule has 4 rings (SSSR count). The predicted molar refractivity (Wildman–Crippen MR) is 105 cm³/mol. The second-order valence-corrected chi connectivity index (χ2v) is 7.78. The van der Waals surface area contributed by atoms with E-state index in [1.54, 1.807) is 18.2 Å². The number of amides is 3. The molecule has 0 saturated carbocycles. The van der Waals surface area contributed by atoms with Crippen LogP contribution in [0.25, 0.3) is 0 Å². The van der Waals surface area contributed by atoms with Gasteiger partial charge in [-0.3, -0.25) is 14.4 Å². The molecular weight excluding hydrogens is 374 g/mol. The van der Waals surface area contributed by atoms with Crippen molar-refractivity contribution in [2.75, 3.05) is 23.3 Å². The van der Waals surface area contributed by atoms with E-state index in [9.17, 15) is 19.5 Å². The highest BCUT2D eigenvalue weighted by Gasteiger charge is 2.38. The lowest BCUT2D eigenvalue weighted by atomic mass is 9.96. The Hall–Kier alpha value is -3.13. The first-order chi connectivity index (χ1) is 13.8. The first kappa shape index (κ1) is 19.2. The standard InChI is InChI=1S/C21H23N3O5/c1-12-15-10-14(9-13-5-3-7-24(17(13)15)20(12)27)23-19(26)18(25)22-11-21(2,28)16-6-4-8-29-16/h4,6,8-10,12,28H,3,5,7,11H2,1-2H3,(H,22,25)(H,23,26)/t12-,21-/m1/s1. The van der Waals surface area contributed by atoms with Gasteiger partial charge in [-0.2, -0.15) is 0 Å². The van der Waals surface area contributed by atoms with Gasteiger partial charge in [-0.25, -0.2) is 0 Å². The fourth-order valence-electron chi connectivity index (χ4n) is 3.96. The molecule has 0 radical (unpaired) electrons. The van der Waals surface area contributed by atoms with Crippen molar-refractivity contribution in [3.8, 4) is 0 Å². The Balaban J connectivity index is 1.45. The van der Waals surface area contributed by atoms with Crippen molar-refractivity contribution < 1.29 is 23.9 Å². The molecule has 152 valence electrons. The maximum absolute atomic E-state index is 12.4. The summed E-state index contributed by atoms with van der Waals surface area (Å²) in [5, 5.41) is 15.4. The van der Waals surface area contributed by atoms with Gasteiger partial charge in [0.2, 0.25) is 5.91 Å². The zero-order chi connectivity index (χ0) is 20.8. The van der Waals surface area contributed by atoms with Gasteiger partial charge >= 0.3 is 11.8 Å². The number of benzene rings is 1. The third-order valence-electron chi connectivity index (χ3n) is 5.53. The van der Waals surface area contributed by atoms with Crippen LogP contribution >= 0.6 is 0 Å². The van der Waals surface area contributed by atoms with E-state index in [-0.39, 0.29) is 18.4 Å². The molecule has 1 aromatic heterocycles. The van der Waals surface area contributed by atoms with E-state index in [2.05, 4.69) is 10.6 Å². The van der Waals surface area contributed by atoms with Gasteiger partial charge in [-0.15, -0.1) is 0 Å². The van der Waals surface area contributed by atoms with Gasteiger partial charge in [0.25, 0.3) is 0 Å². The molecular formula is C21H23N3O5. The summed E-state index contributed by atoms with van der Waals surface area (Å²) in [6, 6.07) is 6.80. The van der Waals surface area contributed by atoms with Crippen LogP contribution < -0.4 is 15.5 Å². The zero-order valence-corrected chi connectivity index (χ0v) is 16.3. The molecule has 2 aromatic rings. The highest BCUT2D eigenvalue weighted by atomic mass is 16.4. The number of nitrogens with one attached hydrogen (secondary N) is 2. The van der Waals surface area contributed by atoms with Crippen LogP contribution in [0.3, 0.4) is 0 Å². The third kappa shape index (κ3) is 3.40. The first-order valence-electron chi connectivity index (χ1n) is 9.61. The fourth-order valence-corrected chi connectivity index (χ4v) is 3.96. The van der Waals surface area contributed by atoms with Gasteiger partial charge in [0.05, 0.1) is 24.4 Å². The minimum atomic E-state index is -1.43. The Kier molecular flexibility index (Phi) is 4.66. The van der Waals surface area contributed by atoms with Crippen molar-refractivity contribution in [3.63, 3.8) is 0 Å². The van der Waals surface area contributed by atoms with Crippen LogP contribution in [-0.4, -0.2) is 35.9 Å². The van der Waals surface area contributed by atoms with Crippen molar-refractivity contribution in [1.29, 1.82) is 0 Å². The molecule has 0 spiro atoms. The van der Waals surface area contributed by atoms with Crippen LogP contribution in [0.1, 0.15) is 43.1 Å². The smallest absolute Gasteiger partial charge is 0.313 e. The summed E-state index contributed by atoms with van der Waals surface area (Å²) in [5.74, 6) is -1.61. The summed E-state index contributed by atoms with van der Waals surface area (Å²) in [6.45, 7) is 3.88. The van der Waals surface area contributed by atoms with Crippen LogP contribution in [0, 0.1) is 0 Å². The van der Waals surface area contributed by atoms with Crippen molar-refractivity contribution in [2.45, 2.75) is 38.2 Å². The zero-order valence-electron chi connectivity index (χ0n) is 16.3. The molecule has 0 aliphatic carbocycles. The predicted octanol–water partition coefficient (Wildman–Crippen LogP) is 1.64. The molecule has 8 nitrogen and oxygen atoms in total. The fraction of sp³-hybridized carbons (Fsp3) is 0.381. The Morgan fingerprint density at radius 3 is 2.86 bits per heavy atom. The molecule has 29 heavy (non-hydrogen) atoms. The monoisotopic (exact) mass is 397 g/mol. The van der Waals surface area contributed by atoms with E-state index in [0.717, 1.165) is 29.7 Å². The molecule has 3 heterocycles. The SMILES string of the molecule is C[C@H]1C(=O)N2CCCc3cc(NC(=O)C(=O)NC[C@@](C)(O)c4ccco4)cc1c32. The van der Waals surface area contributed by atoms with Crippen molar-refractivity contribution in [1.82, 2.24) is 5.32 Å². The number of carbonyl (C=O) groups is 3. The number of aliphatic hydroxyl groups is 1. The van der Waals surface area contributed by atoms with Gasteiger partial charge in [-0.1, -0.05) is 0 Å². The molecule has 3 amide bonds. The molecule has 0 saturated heterocycles. The molecule has 8 heteroatoms. The molecule has 2 aliphatic rings. The summed E-state index contributed by atoms with van der Waals surface area (Å²) in [7, 11) is 0. The Bertz CT molecular complexity index is 980. The third-order valence-corrected chi connectivity index (χ3v) is 5.53. The number of rotatable bonds is 4. The van der Waals surface area contributed by atoms with E-state index in [1.165, 1.54) is 13.2 Å². The first-order valence-corrected chi connectivity index (χ1v) is 9.61. The molecule has 1 aromatic carbocycles. The topological polar surface area (TPSA) is 112 Å². The van der Waals surface area contributed by atoms with Crippen LogP contribution in [0.4, 0.5) is 11.4 Å². The number of aryl methyl sites for hydroxylation is 1. The maximum Gasteiger partial charge on any atom is 0.313 e. The Morgan fingerprint density at radius 2 is 2.14 bits per heavy atom. The minimum absolute atomic E-state index is 0.0716. The number of carbonyl (C=O) groups excluding carboxylic acids is 3. The largest absolute Gasteiger partial charge is 0.466 e. The Labute approximate surface area is 167 Å². The summed E-state index contributed by atoms with van der Waals surface area (Å²) in [6.07, 6.45) is 3.11. The molecule has 3 N–H and O–H groups in total. The number of nitrogens with zero attached hydrogens (tertiary/aromatic N) is 1. The average molecular weight is 397 g/mol. The van der Waals surface area contributed by atoms with Crippen molar-refractivity contribution in [3.05, 3.63) is 47.4 Å². The van der Waals surface area contributed by atoms with Crippen molar-refractivity contribution >= 4 is 29.1 Å². The van der Waals surface area contributed by atoms with Crippen molar-refractivity contribution in [2.24, 2.45) is 0 Å². The number of furan rings is 1. The second kappa shape index (κ2) is 7.04. The van der Waals surface area contributed by atoms with E-state index >= 15 is 0 Å². The van der Waals surface area contributed by atoms with E-state index < -0.39 is 17.4 Å². The van der Waals surface area contributed by atoms with Crippen LogP contribution in [-0.2, 0) is 26.4 Å². The summed E-state index contributed by atoms with van der Waals surface area (Å²) < 4.78 is 5.15.